The summed E-state index contributed by atoms with van der Waals surface area (Å²) in [6.45, 7) is 16.7. The van der Waals surface area contributed by atoms with Gasteiger partial charge in [-0.05, 0) is 47.1 Å². The zero-order valence-corrected chi connectivity index (χ0v) is 13.1. The topological polar surface area (TPSA) is 24.5 Å². The summed E-state index contributed by atoms with van der Waals surface area (Å²) in [5.74, 6) is 0. The highest BCUT2D eigenvalue weighted by Crippen LogP contribution is 2.29. The van der Waals surface area contributed by atoms with Crippen molar-refractivity contribution in [3.8, 4) is 0 Å². The van der Waals surface area contributed by atoms with Crippen LogP contribution in [0, 0.1) is 0 Å². The molecule has 0 radical (unpaired) electrons. The van der Waals surface area contributed by atoms with Crippen molar-refractivity contribution in [1.29, 1.82) is 0 Å². The molecule has 0 saturated carbocycles. The quantitative estimate of drug-likeness (QED) is 0.791. The Bertz CT molecular complexity index is 247. The lowest BCUT2D eigenvalue weighted by Gasteiger charge is -2.51. The molecule has 0 amide bonds. The maximum absolute atomic E-state index is 5.76. The van der Waals surface area contributed by atoms with E-state index >= 15 is 0 Å². The van der Waals surface area contributed by atoms with Gasteiger partial charge in [0, 0.05) is 24.2 Å². The van der Waals surface area contributed by atoms with E-state index in [9.17, 15) is 0 Å². The van der Waals surface area contributed by atoms with Gasteiger partial charge in [-0.1, -0.05) is 13.8 Å². The third-order valence-electron chi connectivity index (χ3n) is 4.61. The van der Waals surface area contributed by atoms with E-state index in [4.69, 9.17) is 4.74 Å². The van der Waals surface area contributed by atoms with Gasteiger partial charge in [-0.25, -0.2) is 0 Å². The van der Waals surface area contributed by atoms with Gasteiger partial charge >= 0.3 is 0 Å². The van der Waals surface area contributed by atoms with Crippen LogP contribution < -0.4 is 5.32 Å². The monoisotopic (exact) mass is 256 g/mol. The molecule has 4 atom stereocenters. The molecule has 1 fully saturated rings. The highest BCUT2D eigenvalue weighted by atomic mass is 16.5. The van der Waals surface area contributed by atoms with E-state index in [1.807, 2.05) is 0 Å². The molecule has 1 N–H and O–H groups in total. The van der Waals surface area contributed by atoms with Gasteiger partial charge in [0.25, 0.3) is 0 Å². The van der Waals surface area contributed by atoms with Gasteiger partial charge in [0.05, 0.1) is 12.7 Å². The number of hydrogen-bond acceptors (Lipinski definition) is 3. The molecule has 0 aromatic rings. The number of nitrogens with zero attached hydrogens (tertiary/aromatic N) is 1. The molecule has 3 nitrogen and oxygen atoms in total. The fourth-order valence-electron chi connectivity index (χ4n) is 2.95. The van der Waals surface area contributed by atoms with Gasteiger partial charge in [-0.15, -0.1) is 0 Å². The third-order valence-corrected chi connectivity index (χ3v) is 4.61. The molecule has 4 unspecified atom stereocenters. The first-order valence-electron chi connectivity index (χ1n) is 7.57. The minimum Gasteiger partial charge on any atom is -0.376 e. The van der Waals surface area contributed by atoms with E-state index in [-0.39, 0.29) is 5.54 Å². The van der Waals surface area contributed by atoms with Crippen LogP contribution in [0.5, 0.6) is 0 Å². The minimum absolute atomic E-state index is 0.215. The van der Waals surface area contributed by atoms with Gasteiger partial charge in [-0.2, -0.15) is 0 Å². The van der Waals surface area contributed by atoms with Crippen LogP contribution in [-0.4, -0.2) is 48.3 Å². The lowest BCUT2D eigenvalue weighted by atomic mass is 9.86. The molecule has 0 aliphatic carbocycles. The summed E-state index contributed by atoms with van der Waals surface area (Å²) in [6.07, 6.45) is 2.71. The molecule has 0 aromatic carbocycles. The number of ether oxygens (including phenoxy) is 1. The van der Waals surface area contributed by atoms with Gasteiger partial charge in [0.1, 0.15) is 0 Å². The van der Waals surface area contributed by atoms with Crippen LogP contribution >= 0.6 is 0 Å². The van der Waals surface area contributed by atoms with E-state index in [0.29, 0.717) is 18.2 Å². The van der Waals surface area contributed by atoms with E-state index in [2.05, 4.69) is 51.8 Å². The van der Waals surface area contributed by atoms with E-state index in [1.165, 1.54) is 12.8 Å². The van der Waals surface area contributed by atoms with Crippen LogP contribution in [0.1, 0.15) is 54.4 Å². The van der Waals surface area contributed by atoms with Crippen molar-refractivity contribution < 1.29 is 4.74 Å². The van der Waals surface area contributed by atoms with Crippen molar-refractivity contribution in [2.45, 2.75) is 78.1 Å². The summed E-state index contributed by atoms with van der Waals surface area (Å²) in [5.41, 5.74) is 0.215. The fourth-order valence-corrected chi connectivity index (χ4v) is 2.95. The van der Waals surface area contributed by atoms with Gasteiger partial charge in [0.15, 0.2) is 0 Å². The number of hydrogen-bond donors (Lipinski definition) is 1. The first-order valence-corrected chi connectivity index (χ1v) is 7.57. The first kappa shape index (κ1) is 15.9. The molecule has 108 valence electrons. The predicted molar refractivity (Wildman–Crippen MR) is 78.0 cm³/mol. The normalized spacial score (nSPS) is 31.0. The lowest BCUT2D eigenvalue weighted by Crippen LogP contribution is -2.64. The van der Waals surface area contributed by atoms with Gasteiger partial charge in [0.2, 0.25) is 0 Å². The molecule has 1 heterocycles. The second kappa shape index (κ2) is 6.88. The maximum atomic E-state index is 5.76. The van der Waals surface area contributed by atoms with E-state index < -0.39 is 0 Å². The van der Waals surface area contributed by atoms with Crippen LogP contribution in [0.15, 0.2) is 0 Å². The van der Waals surface area contributed by atoms with Gasteiger partial charge in [-0.3, -0.25) is 4.90 Å². The molecular formula is C15H32N2O. The van der Waals surface area contributed by atoms with Crippen molar-refractivity contribution in [3.05, 3.63) is 0 Å². The zero-order valence-electron chi connectivity index (χ0n) is 13.1. The lowest BCUT2D eigenvalue weighted by molar-refractivity contribution is -0.0989. The molecule has 0 aromatic heterocycles. The predicted octanol–water partition coefficient (Wildman–Crippen LogP) is 2.65. The van der Waals surface area contributed by atoms with E-state index in [1.54, 1.807) is 0 Å². The Morgan fingerprint density at radius 2 is 2.06 bits per heavy atom. The van der Waals surface area contributed by atoms with E-state index in [0.717, 1.165) is 19.7 Å². The number of nitrogens with one attached hydrogen (secondary N) is 1. The standard InChI is InChI=1S/C15H32N2O/c1-7-9-16-14(5)15(6,8-2)17-10-13(4)18-11-12(17)3/h12-14,16H,7-11H2,1-6H3. The largest absolute Gasteiger partial charge is 0.376 e. The molecule has 1 aliphatic rings. The van der Waals surface area contributed by atoms with Crippen molar-refractivity contribution in [2.24, 2.45) is 0 Å². The maximum Gasteiger partial charge on any atom is 0.0675 e. The minimum atomic E-state index is 0.215. The third kappa shape index (κ3) is 3.46. The molecule has 1 saturated heterocycles. The molecule has 18 heavy (non-hydrogen) atoms. The molecule has 0 spiro atoms. The Morgan fingerprint density at radius 1 is 1.39 bits per heavy atom. The van der Waals surface area contributed by atoms with Crippen molar-refractivity contribution >= 4 is 0 Å². The Labute approximate surface area is 113 Å². The Balaban J connectivity index is 2.77. The Hall–Kier alpha value is -0.120. The van der Waals surface area contributed by atoms with Crippen LogP contribution in [0.4, 0.5) is 0 Å². The SMILES string of the molecule is CCCNC(C)C(C)(CC)N1CC(C)OCC1C. The molecule has 3 heteroatoms. The summed E-state index contributed by atoms with van der Waals surface area (Å²) in [4.78, 5) is 2.65. The molecule has 1 aliphatic heterocycles. The molecular weight excluding hydrogens is 224 g/mol. The smallest absolute Gasteiger partial charge is 0.0675 e. The summed E-state index contributed by atoms with van der Waals surface area (Å²) >= 11 is 0. The summed E-state index contributed by atoms with van der Waals surface area (Å²) in [5, 5.41) is 3.67. The van der Waals surface area contributed by atoms with Crippen LogP contribution in [0.2, 0.25) is 0 Å². The zero-order chi connectivity index (χ0) is 13.8. The van der Waals surface area contributed by atoms with Crippen molar-refractivity contribution in [3.63, 3.8) is 0 Å². The highest BCUT2D eigenvalue weighted by molar-refractivity contribution is 4.97. The first-order chi connectivity index (χ1) is 8.45. The molecule has 1 rings (SSSR count). The van der Waals surface area contributed by atoms with Crippen molar-refractivity contribution in [2.75, 3.05) is 19.7 Å². The van der Waals surface area contributed by atoms with Crippen LogP contribution in [0.25, 0.3) is 0 Å². The highest BCUT2D eigenvalue weighted by Gasteiger charge is 2.40. The molecule has 0 bridgehead atoms. The fraction of sp³-hybridized carbons (Fsp3) is 1.00. The Kier molecular flexibility index (Phi) is 6.09. The second-order valence-electron chi connectivity index (χ2n) is 6.03. The van der Waals surface area contributed by atoms with Gasteiger partial charge < -0.3 is 10.1 Å². The number of morpholine rings is 1. The Morgan fingerprint density at radius 3 is 2.61 bits per heavy atom. The average molecular weight is 256 g/mol. The average Bonchev–Trinajstić information content (AvgIpc) is 2.37. The summed E-state index contributed by atoms with van der Waals surface area (Å²) < 4.78 is 5.76. The number of rotatable bonds is 6. The van der Waals surface area contributed by atoms with Crippen LogP contribution in [0.3, 0.4) is 0 Å². The second-order valence-corrected chi connectivity index (χ2v) is 6.03. The summed E-state index contributed by atoms with van der Waals surface area (Å²) in [6, 6.07) is 1.02. The summed E-state index contributed by atoms with van der Waals surface area (Å²) in [7, 11) is 0. The van der Waals surface area contributed by atoms with Crippen molar-refractivity contribution in [1.82, 2.24) is 10.2 Å². The van der Waals surface area contributed by atoms with Crippen LogP contribution in [-0.2, 0) is 4.74 Å².